The van der Waals surface area contributed by atoms with Gasteiger partial charge in [0.15, 0.2) is 0 Å². The number of ketones is 1. The van der Waals surface area contributed by atoms with Crippen molar-refractivity contribution in [3.05, 3.63) is 0 Å². The lowest BCUT2D eigenvalue weighted by atomic mass is 10.2. The Hall–Kier alpha value is -0.510. The van der Waals surface area contributed by atoms with Crippen LogP contribution in [0.4, 0.5) is 0 Å². The summed E-state index contributed by atoms with van der Waals surface area (Å²) in [6.07, 6.45) is 1.80. The molecule has 1 N–H and O–H groups in total. The average Bonchev–Trinajstić information content (AvgIpc) is 2.03. The third-order valence-electron chi connectivity index (χ3n) is 1.39. The molecule has 0 aromatic heterocycles. The maximum atomic E-state index is 10.6. The fraction of sp³-hybridized carbons (Fsp3) is 0.750. The number of thioether (sulfide) groups is 1. The van der Waals surface area contributed by atoms with E-state index >= 15 is 0 Å². The van der Waals surface area contributed by atoms with Gasteiger partial charge in [-0.3, -0.25) is 4.79 Å². The normalized spacial score (nSPS) is 9.75. The van der Waals surface area contributed by atoms with Crippen LogP contribution < -0.4 is 0 Å². The molecule has 0 spiro atoms. The van der Waals surface area contributed by atoms with Crippen LogP contribution in [0.1, 0.15) is 26.2 Å². The molecule has 3 nitrogen and oxygen atoms in total. The number of carboxylic acids is 1. The Kier molecular flexibility index (Phi) is 6.85. The second-order valence-electron chi connectivity index (χ2n) is 2.38. The van der Waals surface area contributed by atoms with Crippen molar-refractivity contribution in [2.75, 3.05) is 11.5 Å². The van der Waals surface area contributed by atoms with Gasteiger partial charge in [0.2, 0.25) is 5.78 Å². The van der Waals surface area contributed by atoms with Crippen molar-refractivity contribution in [3.63, 3.8) is 0 Å². The first-order chi connectivity index (χ1) is 5.68. The highest BCUT2D eigenvalue weighted by Crippen LogP contribution is 2.05. The highest BCUT2D eigenvalue weighted by molar-refractivity contribution is 7.99. The topological polar surface area (TPSA) is 54.4 Å². The maximum Gasteiger partial charge on any atom is 0.372 e. The largest absolute Gasteiger partial charge is 0.476 e. The van der Waals surface area contributed by atoms with Crippen LogP contribution in [0.15, 0.2) is 0 Å². The number of carbonyl (C=O) groups excluding carboxylic acids is 1. The maximum absolute atomic E-state index is 10.6. The van der Waals surface area contributed by atoms with Crippen molar-refractivity contribution in [1.29, 1.82) is 0 Å². The van der Waals surface area contributed by atoms with Crippen molar-refractivity contribution < 1.29 is 14.7 Å². The average molecular weight is 190 g/mol. The van der Waals surface area contributed by atoms with Crippen LogP contribution in [-0.4, -0.2) is 28.4 Å². The number of aliphatic carboxylic acids is 1. The van der Waals surface area contributed by atoms with Crippen LogP contribution in [0, 0.1) is 0 Å². The molecule has 0 atom stereocenters. The van der Waals surface area contributed by atoms with Crippen LogP contribution in [0.25, 0.3) is 0 Å². The van der Waals surface area contributed by atoms with Crippen molar-refractivity contribution >= 4 is 23.5 Å². The highest BCUT2D eigenvalue weighted by Gasteiger charge is 2.09. The third-order valence-corrected chi connectivity index (χ3v) is 2.37. The molecule has 0 radical (unpaired) electrons. The predicted molar refractivity (Wildman–Crippen MR) is 49.5 cm³/mol. The van der Waals surface area contributed by atoms with Crippen LogP contribution in [0.5, 0.6) is 0 Å². The molecule has 0 aliphatic heterocycles. The first kappa shape index (κ1) is 11.5. The fourth-order valence-corrected chi connectivity index (χ4v) is 1.44. The van der Waals surface area contributed by atoms with E-state index in [1.807, 2.05) is 11.8 Å². The van der Waals surface area contributed by atoms with E-state index in [2.05, 4.69) is 6.92 Å². The zero-order valence-corrected chi connectivity index (χ0v) is 8.02. The lowest BCUT2D eigenvalue weighted by molar-refractivity contribution is -0.149. The van der Waals surface area contributed by atoms with Gasteiger partial charge < -0.3 is 5.11 Å². The molecular weight excluding hydrogens is 176 g/mol. The van der Waals surface area contributed by atoms with E-state index in [0.29, 0.717) is 6.42 Å². The van der Waals surface area contributed by atoms with Gasteiger partial charge in [0.1, 0.15) is 0 Å². The van der Waals surface area contributed by atoms with Crippen LogP contribution in [0.3, 0.4) is 0 Å². The zero-order valence-electron chi connectivity index (χ0n) is 7.21. The van der Waals surface area contributed by atoms with E-state index in [1.165, 1.54) is 0 Å². The molecule has 0 saturated heterocycles. The van der Waals surface area contributed by atoms with E-state index in [1.54, 1.807) is 0 Å². The smallest absolute Gasteiger partial charge is 0.372 e. The second-order valence-corrected chi connectivity index (χ2v) is 3.78. The molecule has 12 heavy (non-hydrogen) atoms. The van der Waals surface area contributed by atoms with Crippen LogP contribution in [0.2, 0.25) is 0 Å². The Balaban J connectivity index is 3.20. The van der Waals surface area contributed by atoms with E-state index in [-0.39, 0.29) is 6.42 Å². The molecule has 0 fully saturated rings. The first-order valence-corrected chi connectivity index (χ1v) is 5.17. The number of carbonyl (C=O) groups is 2. The number of Topliss-reactive ketones (excluding diaryl/α,β-unsaturated/α-hetero) is 1. The van der Waals surface area contributed by atoms with Gasteiger partial charge in [0, 0.05) is 6.42 Å². The molecule has 0 aliphatic rings. The van der Waals surface area contributed by atoms with Crippen LogP contribution in [-0.2, 0) is 9.59 Å². The van der Waals surface area contributed by atoms with Crippen molar-refractivity contribution in [2.45, 2.75) is 26.2 Å². The Morgan fingerprint density at radius 1 is 1.33 bits per heavy atom. The lowest BCUT2D eigenvalue weighted by Gasteiger charge is -1.96. The quantitative estimate of drug-likeness (QED) is 0.489. The fourth-order valence-electron chi connectivity index (χ4n) is 0.741. The summed E-state index contributed by atoms with van der Waals surface area (Å²) >= 11 is 1.81. The van der Waals surface area contributed by atoms with Gasteiger partial charge in [0.05, 0.1) is 0 Å². The molecule has 0 aromatic carbocycles. The summed E-state index contributed by atoms with van der Waals surface area (Å²) < 4.78 is 0. The standard InChI is InChI=1S/C8H14O3S/c1-2-12-6-4-3-5-7(9)8(10)11/h2-6H2,1H3,(H,10,11). The molecule has 0 bridgehead atoms. The molecule has 0 unspecified atom stereocenters. The summed E-state index contributed by atoms with van der Waals surface area (Å²) in [5, 5.41) is 8.23. The first-order valence-electron chi connectivity index (χ1n) is 4.02. The summed E-state index contributed by atoms with van der Waals surface area (Å²) in [6.45, 7) is 2.08. The van der Waals surface area contributed by atoms with Crippen molar-refractivity contribution in [3.8, 4) is 0 Å². The third kappa shape index (κ3) is 6.22. The zero-order chi connectivity index (χ0) is 9.40. The number of rotatable bonds is 7. The Morgan fingerprint density at radius 2 is 2.00 bits per heavy atom. The summed E-state index contributed by atoms with van der Waals surface area (Å²) in [7, 11) is 0. The summed E-state index contributed by atoms with van der Waals surface area (Å²) in [5.74, 6) is 0.116. The molecular formula is C8H14O3S. The molecule has 0 amide bonds. The molecule has 0 rings (SSSR count). The lowest BCUT2D eigenvalue weighted by Crippen LogP contribution is -2.11. The van der Waals surface area contributed by atoms with Crippen LogP contribution >= 0.6 is 11.8 Å². The molecule has 0 aromatic rings. The molecule has 0 saturated carbocycles. The van der Waals surface area contributed by atoms with Gasteiger partial charge in [-0.1, -0.05) is 6.92 Å². The Morgan fingerprint density at radius 3 is 2.50 bits per heavy atom. The highest BCUT2D eigenvalue weighted by atomic mass is 32.2. The molecule has 70 valence electrons. The number of hydrogen-bond donors (Lipinski definition) is 1. The minimum atomic E-state index is -1.31. The number of carboxylic acid groups (broad SMARTS) is 1. The van der Waals surface area contributed by atoms with Gasteiger partial charge in [-0.25, -0.2) is 4.79 Å². The number of hydrogen-bond acceptors (Lipinski definition) is 3. The Labute approximate surface area is 76.5 Å². The minimum Gasteiger partial charge on any atom is -0.476 e. The van der Waals surface area contributed by atoms with Gasteiger partial charge >= 0.3 is 5.97 Å². The van der Waals surface area contributed by atoms with Crippen molar-refractivity contribution in [2.24, 2.45) is 0 Å². The van der Waals surface area contributed by atoms with Gasteiger partial charge in [-0.05, 0) is 24.3 Å². The monoisotopic (exact) mass is 190 g/mol. The molecule has 4 heteroatoms. The van der Waals surface area contributed by atoms with E-state index in [4.69, 9.17) is 5.11 Å². The Bertz CT molecular complexity index is 156. The summed E-state index contributed by atoms with van der Waals surface area (Å²) in [4.78, 5) is 20.6. The van der Waals surface area contributed by atoms with Gasteiger partial charge in [0.25, 0.3) is 0 Å². The van der Waals surface area contributed by atoms with Crippen molar-refractivity contribution in [1.82, 2.24) is 0 Å². The summed E-state index contributed by atoms with van der Waals surface area (Å²) in [6, 6.07) is 0. The minimum absolute atomic E-state index is 0.180. The van der Waals surface area contributed by atoms with Gasteiger partial charge in [-0.15, -0.1) is 0 Å². The summed E-state index contributed by atoms with van der Waals surface area (Å²) in [5.41, 5.74) is 0. The number of unbranched alkanes of at least 4 members (excludes halogenated alkanes) is 1. The SMILES string of the molecule is CCSCCCCC(=O)C(=O)O. The van der Waals surface area contributed by atoms with E-state index < -0.39 is 11.8 Å². The predicted octanol–water partition coefficient (Wildman–Crippen LogP) is 1.56. The van der Waals surface area contributed by atoms with E-state index in [9.17, 15) is 9.59 Å². The molecule has 0 heterocycles. The second kappa shape index (κ2) is 7.16. The molecule has 0 aliphatic carbocycles. The van der Waals surface area contributed by atoms with Gasteiger partial charge in [-0.2, -0.15) is 11.8 Å². The van der Waals surface area contributed by atoms with E-state index in [0.717, 1.165) is 17.9 Å².